The first kappa shape index (κ1) is 30.0. The van der Waals surface area contributed by atoms with Crippen molar-refractivity contribution in [3.63, 3.8) is 0 Å². The molecule has 5 aromatic carbocycles. The van der Waals surface area contributed by atoms with Gasteiger partial charge in [0, 0.05) is 46.0 Å². The van der Waals surface area contributed by atoms with Crippen LogP contribution in [0, 0.1) is 34.6 Å². The maximum Gasteiger partial charge on any atom is 0.144 e. The molecular formula is C44H37N5O. The number of fused-ring (bicyclic) bond motifs is 6. The second-order valence-electron chi connectivity index (χ2n) is 13.4. The molecule has 0 N–H and O–H groups in total. The van der Waals surface area contributed by atoms with E-state index in [2.05, 4.69) is 146 Å². The van der Waals surface area contributed by atoms with Gasteiger partial charge in [-0.3, -0.25) is 4.57 Å². The Balaban J connectivity index is 1.22. The highest BCUT2D eigenvalue weighted by Crippen LogP contribution is 2.44. The second-order valence-corrected chi connectivity index (χ2v) is 13.4. The molecule has 3 aromatic heterocycles. The Morgan fingerprint density at radius 2 is 1.42 bits per heavy atom. The second kappa shape index (κ2) is 11.5. The molecule has 1 aliphatic heterocycles. The molecule has 50 heavy (non-hydrogen) atoms. The van der Waals surface area contributed by atoms with E-state index in [4.69, 9.17) is 14.7 Å². The number of para-hydroxylation sites is 2. The molecule has 0 spiro atoms. The Hall–Kier alpha value is -6.14. The van der Waals surface area contributed by atoms with E-state index < -0.39 is 0 Å². The summed E-state index contributed by atoms with van der Waals surface area (Å²) in [5.41, 5.74) is 13.8. The first-order valence-electron chi connectivity index (χ1n) is 17.1. The molecule has 8 aromatic rings. The monoisotopic (exact) mass is 651 g/mol. The third kappa shape index (κ3) is 4.78. The summed E-state index contributed by atoms with van der Waals surface area (Å²) in [5.74, 6) is 3.43. The number of hydrogen-bond donors (Lipinski definition) is 0. The fraction of sp³-hybridized carbons (Fsp3) is 0.136. The standard InChI is InChI=1S/C44H37N5O/c1-27-20-28(2)43(29(3)21-27)32-22-33(48-26-47-31(5)30(4)46-44(47)38-13-7-8-14-39(38)48)24-35(23-32)50-34-17-18-37-36-12-6-9-15-40(36)49(41(37)25-34)42-16-10-11-19-45-42/h6-25H,26H2,1-5H3. The topological polar surface area (TPSA) is 48.1 Å². The Kier molecular flexibility index (Phi) is 6.88. The molecule has 244 valence electrons. The fourth-order valence-electron chi connectivity index (χ4n) is 7.83. The van der Waals surface area contributed by atoms with Crippen LogP contribution in [0.25, 0.3) is 50.1 Å². The molecule has 0 saturated heterocycles. The number of ether oxygens (including phenoxy) is 1. The molecule has 0 bridgehead atoms. The zero-order valence-corrected chi connectivity index (χ0v) is 28.9. The van der Waals surface area contributed by atoms with E-state index >= 15 is 0 Å². The zero-order valence-electron chi connectivity index (χ0n) is 28.9. The van der Waals surface area contributed by atoms with Gasteiger partial charge >= 0.3 is 0 Å². The van der Waals surface area contributed by atoms with Crippen molar-refractivity contribution in [1.29, 1.82) is 0 Å². The summed E-state index contributed by atoms with van der Waals surface area (Å²) in [4.78, 5) is 12.1. The highest BCUT2D eigenvalue weighted by atomic mass is 16.5. The number of imidazole rings is 1. The SMILES string of the molecule is Cc1cc(C)c(-c2cc(Oc3ccc4c5ccccc5n(-c5ccccn5)c4c3)cc(N3Cn4c(nc(C)c4C)-c4ccccc43)c2)c(C)c1. The van der Waals surface area contributed by atoms with Gasteiger partial charge in [0.25, 0.3) is 0 Å². The average Bonchev–Trinajstić information content (AvgIpc) is 3.60. The van der Waals surface area contributed by atoms with Crippen LogP contribution in [-0.2, 0) is 6.67 Å². The Bertz CT molecular complexity index is 2590. The minimum absolute atomic E-state index is 0.657. The third-order valence-electron chi connectivity index (χ3n) is 10.1. The van der Waals surface area contributed by atoms with Crippen LogP contribution in [0.3, 0.4) is 0 Å². The van der Waals surface area contributed by atoms with Gasteiger partial charge in [-0.2, -0.15) is 0 Å². The molecule has 0 saturated carbocycles. The normalized spacial score (nSPS) is 12.4. The molecule has 9 rings (SSSR count). The number of benzene rings is 5. The Labute approximate surface area is 291 Å². The lowest BCUT2D eigenvalue weighted by molar-refractivity contribution is 0.483. The lowest BCUT2D eigenvalue weighted by atomic mass is 9.93. The molecule has 4 heterocycles. The minimum Gasteiger partial charge on any atom is -0.457 e. The Morgan fingerprint density at radius 1 is 0.660 bits per heavy atom. The summed E-state index contributed by atoms with van der Waals surface area (Å²) in [6.45, 7) is 11.5. The number of rotatable bonds is 5. The maximum atomic E-state index is 6.88. The number of pyridine rings is 1. The maximum absolute atomic E-state index is 6.88. The van der Waals surface area contributed by atoms with Gasteiger partial charge < -0.3 is 14.2 Å². The van der Waals surface area contributed by atoms with Crippen LogP contribution in [0.15, 0.2) is 121 Å². The number of nitrogens with zero attached hydrogens (tertiary/aromatic N) is 5. The van der Waals surface area contributed by atoms with E-state index in [0.717, 1.165) is 67.8 Å². The number of aryl methyl sites for hydroxylation is 4. The highest BCUT2D eigenvalue weighted by molar-refractivity contribution is 6.09. The van der Waals surface area contributed by atoms with Gasteiger partial charge in [-0.15, -0.1) is 0 Å². The summed E-state index contributed by atoms with van der Waals surface area (Å²) in [6.07, 6.45) is 1.84. The van der Waals surface area contributed by atoms with Crippen LogP contribution in [0.5, 0.6) is 11.5 Å². The molecular weight excluding hydrogens is 615 g/mol. The predicted octanol–water partition coefficient (Wildman–Crippen LogP) is 11.2. The van der Waals surface area contributed by atoms with E-state index in [1.807, 2.05) is 24.4 Å². The summed E-state index contributed by atoms with van der Waals surface area (Å²) >= 11 is 0. The fourth-order valence-corrected chi connectivity index (χ4v) is 7.83. The van der Waals surface area contributed by atoms with E-state index in [-0.39, 0.29) is 0 Å². The van der Waals surface area contributed by atoms with Gasteiger partial charge in [-0.25, -0.2) is 9.97 Å². The van der Waals surface area contributed by atoms with Crippen molar-refractivity contribution in [2.75, 3.05) is 4.90 Å². The first-order chi connectivity index (χ1) is 24.3. The molecule has 6 nitrogen and oxygen atoms in total. The van der Waals surface area contributed by atoms with Crippen molar-refractivity contribution in [3.05, 3.63) is 150 Å². The number of aromatic nitrogens is 4. The summed E-state index contributed by atoms with van der Waals surface area (Å²) in [7, 11) is 0. The molecule has 6 heteroatoms. The van der Waals surface area contributed by atoms with Gasteiger partial charge in [0.2, 0.25) is 0 Å². The predicted molar refractivity (Wildman–Crippen MR) is 204 cm³/mol. The average molecular weight is 652 g/mol. The molecule has 0 aliphatic carbocycles. The molecule has 0 amide bonds. The van der Waals surface area contributed by atoms with Crippen molar-refractivity contribution in [1.82, 2.24) is 19.1 Å². The summed E-state index contributed by atoms with van der Waals surface area (Å²) < 4.78 is 11.4. The van der Waals surface area contributed by atoms with Crippen molar-refractivity contribution >= 4 is 33.2 Å². The van der Waals surface area contributed by atoms with Gasteiger partial charge in [-0.1, -0.05) is 54.1 Å². The largest absolute Gasteiger partial charge is 0.457 e. The van der Waals surface area contributed by atoms with E-state index in [1.165, 1.54) is 33.3 Å². The van der Waals surface area contributed by atoms with Crippen LogP contribution in [0.4, 0.5) is 11.4 Å². The van der Waals surface area contributed by atoms with Crippen molar-refractivity contribution in [2.24, 2.45) is 0 Å². The van der Waals surface area contributed by atoms with Crippen LogP contribution in [0.1, 0.15) is 28.1 Å². The van der Waals surface area contributed by atoms with Crippen LogP contribution in [-0.4, -0.2) is 19.1 Å². The molecule has 0 radical (unpaired) electrons. The summed E-state index contributed by atoms with van der Waals surface area (Å²) in [5, 5.41) is 2.34. The first-order valence-corrected chi connectivity index (χ1v) is 17.1. The lowest BCUT2D eigenvalue weighted by Gasteiger charge is -2.33. The van der Waals surface area contributed by atoms with E-state index in [1.54, 1.807) is 0 Å². The van der Waals surface area contributed by atoms with E-state index in [9.17, 15) is 0 Å². The van der Waals surface area contributed by atoms with Crippen LogP contribution < -0.4 is 9.64 Å². The molecule has 0 fully saturated rings. The number of anilines is 2. The third-order valence-corrected chi connectivity index (χ3v) is 10.1. The van der Waals surface area contributed by atoms with Crippen molar-refractivity contribution in [3.8, 4) is 39.8 Å². The minimum atomic E-state index is 0.657. The smallest absolute Gasteiger partial charge is 0.144 e. The lowest BCUT2D eigenvalue weighted by Crippen LogP contribution is -2.27. The molecule has 1 aliphatic rings. The van der Waals surface area contributed by atoms with Crippen LogP contribution in [0.2, 0.25) is 0 Å². The van der Waals surface area contributed by atoms with Gasteiger partial charge in [0.15, 0.2) is 0 Å². The molecule has 0 unspecified atom stereocenters. The highest BCUT2D eigenvalue weighted by Gasteiger charge is 2.27. The Morgan fingerprint density at radius 3 is 2.24 bits per heavy atom. The zero-order chi connectivity index (χ0) is 34.1. The quantitative estimate of drug-likeness (QED) is 0.186. The van der Waals surface area contributed by atoms with Gasteiger partial charge in [0.1, 0.15) is 29.8 Å². The van der Waals surface area contributed by atoms with Crippen molar-refractivity contribution in [2.45, 2.75) is 41.3 Å². The van der Waals surface area contributed by atoms with Crippen molar-refractivity contribution < 1.29 is 4.74 Å². The van der Waals surface area contributed by atoms with Crippen LogP contribution >= 0.6 is 0 Å². The number of hydrogen-bond acceptors (Lipinski definition) is 4. The van der Waals surface area contributed by atoms with Gasteiger partial charge in [0.05, 0.1) is 22.4 Å². The summed E-state index contributed by atoms with van der Waals surface area (Å²) in [6, 6.07) is 40.6. The van der Waals surface area contributed by atoms with E-state index in [0.29, 0.717) is 6.67 Å². The molecule has 0 atom stereocenters. The van der Waals surface area contributed by atoms with Gasteiger partial charge in [-0.05, 0) is 111 Å².